The van der Waals surface area contributed by atoms with Gasteiger partial charge in [-0.25, -0.2) is 4.98 Å². The van der Waals surface area contributed by atoms with Crippen molar-refractivity contribution in [1.29, 1.82) is 0 Å². The summed E-state index contributed by atoms with van der Waals surface area (Å²) in [6.45, 7) is 2.24. The Morgan fingerprint density at radius 1 is 1.59 bits per heavy atom. The Kier molecular flexibility index (Phi) is 2.90. The number of nitrogens with zero attached hydrogens (tertiary/aromatic N) is 5. The molecule has 0 bridgehead atoms. The summed E-state index contributed by atoms with van der Waals surface area (Å²) in [5.74, 6) is 0.607. The molecule has 17 heavy (non-hydrogen) atoms. The van der Waals surface area contributed by atoms with Gasteiger partial charge in [-0.3, -0.25) is 14.6 Å². The quantitative estimate of drug-likeness (QED) is 0.818. The predicted molar refractivity (Wildman–Crippen MR) is 60.1 cm³/mol. The Bertz CT molecular complexity index is 528. The second kappa shape index (κ2) is 4.36. The van der Waals surface area contributed by atoms with Crippen LogP contribution in [0.15, 0.2) is 12.4 Å². The van der Waals surface area contributed by atoms with Crippen molar-refractivity contribution in [2.75, 3.05) is 7.05 Å². The van der Waals surface area contributed by atoms with E-state index in [1.807, 2.05) is 13.2 Å². The molecular weight excluding hydrogens is 220 g/mol. The number of amides is 1. The standard InChI is InChI=1S/C10H14N6O/c1-7-12-9(14-13-7)10(17)15(2)5-8-4-11-16(3)6-8/h4,6H,5H2,1-3H3,(H,12,13,14). The maximum absolute atomic E-state index is 11.9. The fourth-order valence-corrected chi connectivity index (χ4v) is 1.51. The van der Waals surface area contributed by atoms with Crippen LogP contribution in [0.2, 0.25) is 0 Å². The van der Waals surface area contributed by atoms with Crippen molar-refractivity contribution in [3.63, 3.8) is 0 Å². The highest BCUT2D eigenvalue weighted by Crippen LogP contribution is 2.04. The molecule has 0 aliphatic rings. The first-order valence-electron chi connectivity index (χ1n) is 5.18. The van der Waals surface area contributed by atoms with E-state index in [4.69, 9.17) is 0 Å². The first-order valence-corrected chi connectivity index (χ1v) is 5.18. The zero-order chi connectivity index (χ0) is 12.4. The van der Waals surface area contributed by atoms with Crippen LogP contribution in [-0.4, -0.2) is 42.8 Å². The van der Waals surface area contributed by atoms with Crippen LogP contribution in [-0.2, 0) is 13.6 Å². The monoisotopic (exact) mass is 234 g/mol. The smallest absolute Gasteiger partial charge is 0.293 e. The highest BCUT2D eigenvalue weighted by atomic mass is 16.2. The van der Waals surface area contributed by atoms with Gasteiger partial charge < -0.3 is 4.90 Å². The average molecular weight is 234 g/mol. The molecule has 2 rings (SSSR count). The second-order valence-electron chi connectivity index (χ2n) is 3.93. The molecule has 2 aromatic heterocycles. The van der Waals surface area contributed by atoms with Gasteiger partial charge in [-0.1, -0.05) is 0 Å². The van der Waals surface area contributed by atoms with Gasteiger partial charge in [0.1, 0.15) is 5.82 Å². The highest BCUT2D eigenvalue weighted by molar-refractivity contribution is 5.90. The Morgan fingerprint density at radius 2 is 2.35 bits per heavy atom. The number of carbonyl (C=O) groups is 1. The lowest BCUT2D eigenvalue weighted by Crippen LogP contribution is -2.27. The number of nitrogens with one attached hydrogen (secondary N) is 1. The number of aryl methyl sites for hydroxylation is 2. The summed E-state index contributed by atoms with van der Waals surface area (Å²) in [5, 5.41) is 10.5. The molecule has 1 N–H and O–H groups in total. The van der Waals surface area contributed by atoms with Crippen LogP contribution < -0.4 is 0 Å². The van der Waals surface area contributed by atoms with Crippen LogP contribution in [0.1, 0.15) is 22.0 Å². The number of hydrogen-bond acceptors (Lipinski definition) is 4. The molecule has 2 aromatic rings. The molecule has 7 heteroatoms. The maximum atomic E-state index is 11.9. The normalized spacial score (nSPS) is 10.5. The van der Waals surface area contributed by atoms with E-state index in [0.29, 0.717) is 12.4 Å². The van der Waals surface area contributed by atoms with Gasteiger partial charge in [-0.15, -0.1) is 5.10 Å². The minimum atomic E-state index is -0.210. The largest absolute Gasteiger partial charge is 0.334 e. The fraction of sp³-hybridized carbons (Fsp3) is 0.400. The summed E-state index contributed by atoms with van der Waals surface area (Å²) in [4.78, 5) is 17.5. The lowest BCUT2D eigenvalue weighted by molar-refractivity contribution is 0.0773. The van der Waals surface area contributed by atoms with Gasteiger partial charge in [0.15, 0.2) is 0 Å². The fourth-order valence-electron chi connectivity index (χ4n) is 1.51. The van der Waals surface area contributed by atoms with E-state index in [9.17, 15) is 4.79 Å². The zero-order valence-electron chi connectivity index (χ0n) is 10.0. The third kappa shape index (κ3) is 2.49. The van der Waals surface area contributed by atoms with Gasteiger partial charge in [0.2, 0.25) is 5.82 Å². The zero-order valence-corrected chi connectivity index (χ0v) is 10.0. The third-order valence-corrected chi connectivity index (χ3v) is 2.31. The summed E-state index contributed by atoms with van der Waals surface area (Å²) in [7, 11) is 3.55. The number of carbonyl (C=O) groups excluding carboxylic acids is 1. The number of H-pyrrole nitrogens is 1. The molecule has 2 heterocycles. The van der Waals surface area contributed by atoms with Crippen LogP contribution >= 0.6 is 0 Å². The van der Waals surface area contributed by atoms with Gasteiger partial charge in [0.05, 0.1) is 6.20 Å². The van der Waals surface area contributed by atoms with E-state index in [0.717, 1.165) is 5.56 Å². The van der Waals surface area contributed by atoms with Crippen molar-refractivity contribution in [2.24, 2.45) is 7.05 Å². The van der Waals surface area contributed by atoms with Crippen LogP contribution in [0.4, 0.5) is 0 Å². The Hall–Kier alpha value is -2.18. The molecule has 0 atom stereocenters. The summed E-state index contributed by atoms with van der Waals surface area (Å²) in [6.07, 6.45) is 3.60. The van der Waals surface area contributed by atoms with Crippen molar-refractivity contribution < 1.29 is 4.79 Å². The number of aromatic nitrogens is 5. The number of hydrogen-bond donors (Lipinski definition) is 1. The molecule has 90 valence electrons. The van der Waals surface area contributed by atoms with E-state index in [2.05, 4.69) is 20.3 Å². The van der Waals surface area contributed by atoms with Crippen molar-refractivity contribution in [1.82, 2.24) is 29.9 Å². The SMILES string of the molecule is Cc1nc(C(=O)N(C)Cc2cnn(C)c2)n[nH]1. The molecule has 0 saturated heterocycles. The third-order valence-electron chi connectivity index (χ3n) is 2.31. The Balaban J connectivity index is 2.05. The second-order valence-corrected chi connectivity index (χ2v) is 3.93. The topological polar surface area (TPSA) is 79.7 Å². The average Bonchev–Trinajstić information content (AvgIpc) is 2.87. The molecule has 0 radical (unpaired) electrons. The molecule has 7 nitrogen and oxygen atoms in total. The van der Waals surface area contributed by atoms with Gasteiger partial charge in [-0.2, -0.15) is 5.10 Å². The summed E-state index contributed by atoms with van der Waals surface area (Å²) < 4.78 is 1.70. The highest BCUT2D eigenvalue weighted by Gasteiger charge is 2.16. The Morgan fingerprint density at radius 3 is 2.88 bits per heavy atom. The molecule has 0 saturated carbocycles. The van der Waals surface area contributed by atoms with Crippen LogP contribution in [0.5, 0.6) is 0 Å². The molecule has 0 aliphatic carbocycles. The number of rotatable bonds is 3. The molecular formula is C10H14N6O. The van der Waals surface area contributed by atoms with Crippen molar-refractivity contribution in [3.05, 3.63) is 29.6 Å². The first kappa shape index (κ1) is 11.3. The minimum Gasteiger partial charge on any atom is -0.334 e. The van der Waals surface area contributed by atoms with E-state index in [1.54, 1.807) is 29.7 Å². The number of aromatic amines is 1. The first-order chi connectivity index (χ1) is 8.06. The van der Waals surface area contributed by atoms with E-state index in [-0.39, 0.29) is 11.7 Å². The molecule has 1 amide bonds. The Labute approximate surface area is 98.5 Å². The molecule has 0 aliphatic heterocycles. The lowest BCUT2D eigenvalue weighted by atomic mass is 10.3. The van der Waals surface area contributed by atoms with E-state index in [1.165, 1.54) is 0 Å². The molecule has 0 aromatic carbocycles. The molecule has 0 spiro atoms. The van der Waals surface area contributed by atoms with E-state index < -0.39 is 0 Å². The predicted octanol–water partition coefficient (Wildman–Crippen LogP) is 0.119. The lowest BCUT2D eigenvalue weighted by Gasteiger charge is -2.13. The van der Waals surface area contributed by atoms with Gasteiger partial charge in [-0.05, 0) is 6.92 Å². The molecule has 0 fully saturated rings. The van der Waals surface area contributed by atoms with Gasteiger partial charge in [0, 0.05) is 32.4 Å². The van der Waals surface area contributed by atoms with Crippen LogP contribution in [0.25, 0.3) is 0 Å². The van der Waals surface area contributed by atoms with Gasteiger partial charge in [0.25, 0.3) is 5.91 Å². The van der Waals surface area contributed by atoms with Gasteiger partial charge >= 0.3 is 0 Å². The van der Waals surface area contributed by atoms with Crippen LogP contribution in [0, 0.1) is 6.92 Å². The van der Waals surface area contributed by atoms with Crippen molar-refractivity contribution >= 4 is 5.91 Å². The summed E-state index contributed by atoms with van der Waals surface area (Å²) in [5.41, 5.74) is 0.968. The summed E-state index contributed by atoms with van der Waals surface area (Å²) in [6, 6.07) is 0. The van der Waals surface area contributed by atoms with E-state index >= 15 is 0 Å². The maximum Gasteiger partial charge on any atom is 0.293 e. The van der Waals surface area contributed by atoms with Crippen molar-refractivity contribution in [2.45, 2.75) is 13.5 Å². The van der Waals surface area contributed by atoms with Crippen LogP contribution in [0.3, 0.4) is 0 Å². The summed E-state index contributed by atoms with van der Waals surface area (Å²) >= 11 is 0. The molecule has 0 unspecified atom stereocenters. The van der Waals surface area contributed by atoms with Crippen molar-refractivity contribution in [3.8, 4) is 0 Å². The minimum absolute atomic E-state index is 0.189.